The van der Waals surface area contributed by atoms with Crippen molar-refractivity contribution < 1.29 is 0 Å². The fraction of sp³-hybridized carbons (Fsp3) is 0. The molecule has 0 N–H and O–H groups in total. The molecule has 0 radical (unpaired) electrons. The van der Waals surface area contributed by atoms with E-state index in [1.54, 1.807) is 11.3 Å². The summed E-state index contributed by atoms with van der Waals surface area (Å²) in [5.74, 6) is 1.79. The maximum atomic E-state index is 5.48. The van der Waals surface area contributed by atoms with Gasteiger partial charge in [-0.1, -0.05) is 170 Å². The van der Waals surface area contributed by atoms with Crippen LogP contribution >= 0.6 is 11.3 Å². The molecule has 0 aliphatic carbocycles. The number of nitrogens with zero attached hydrogens (tertiary/aromatic N) is 6. The van der Waals surface area contributed by atoms with Gasteiger partial charge in [-0.2, -0.15) is 9.97 Å². The fourth-order valence-electron chi connectivity index (χ4n) is 11.0. The van der Waals surface area contributed by atoms with Gasteiger partial charge in [0.2, 0.25) is 5.95 Å². The molecule has 0 saturated carbocycles. The highest BCUT2D eigenvalue weighted by molar-refractivity contribution is 7.25. The molecule has 0 aliphatic rings. The molecule has 0 aliphatic heterocycles. The van der Waals surface area contributed by atoms with Gasteiger partial charge in [-0.15, -0.1) is 11.3 Å². The fourth-order valence-corrected chi connectivity index (χ4v) is 12.1. The molecule has 0 unspecified atom stereocenters. The topological polar surface area (TPSA) is 53.5 Å². The number of hydrogen-bond donors (Lipinski definition) is 0. The van der Waals surface area contributed by atoms with E-state index in [0.717, 1.165) is 71.7 Å². The van der Waals surface area contributed by atoms with Gasteiger partial charge in [-0.05, 0) is 71.8 Å². The summed E-state index contributed by atoms with van der Waals surface area (Å²) in [4.78, 5) is 16.1. The van der Waals surface area contributed by atoms with Crippen molar-refractivity contribution in [2.75, 3.05) is 0 Å². The lowest BCUT2D eigenvalue weighted by Crippen LogP contribution is -2.07. The number of hydrogen-bond acceptors (Lipinski definition) is 4. The maximum Gasteiger partial charge on any atom is 0.238 e. The monoisotopic (exact) mass is 910 g/mol. The van der Waals surface area contributed by atoms with Gasteiger partial charge in [0, 0.05) is 75.0 Å². The lowest BCUT2D eigenvalue weighted by atomic mass is 10.1. The molecule has 5 heterocycles. The maximum absolute atomic E-state index is 5.48. The third kappa shape index (κ3) is 5.82. The summed E-state index contributed by atoms with van der Waals surface area (Å²) in [6.07, 6.45) is 0. The molecule has 15 aromatic rings. The average molecular weight is 911 g/mol. The Kier molecular flexibility index (Phi) is 8.43. The molecule has 0 amide bonds. The Morgan fingerprint density at radius 3 is 1.44 bits per heavy atom. The molecular formula is C63H38N6S. The second kappa shape index (κ2) is 15.2. The van der Waals surface area contributed by atoms with Crippen LogP contribution in [0, 0.1) is 0 Å². The van der Waals surface area contributed by atoms with Gasteiger partial charge >= 0.3 is 0 Å². The molecular weight excluding hydrogens is 873 g/mol. The summed E-state index contributed by atoms with van der Waals surface area (Å²) in [6, 6.07) is 82.7. The van der Waals surface area contributed by atoms with E-state index in [1.165, 1.54) is 47.5 Å². The second-order valence-electron chi connectivity index (χ2n) is 18.0. The summed E-state index contributed by atoms with van der Waals surface area (Å²) >= 11 is 1.80. The van der Waals surface area contributed by atoms with Crippen molar-refractivity contribution in [2.45, 2.75) is 0 Å². The molecule has 6 nitrogen and oxygen atoms in total. The minimum atomic E-state index is 0.557. The zero-order valence-electron chi connectivity index (χ0n) is 37.5. The zero-order valence-corrected chi connectivity index (χ0v) is 38.3. The van der Waals surface area contributed by atoms with Gasteiger partial charge in [0.05, 0.1) is 33.1 Å². The van der Waals surface area contributed by atoms with Crippen LogP contribution in [-0.2, 0) is 0 Å². The van der Waals surface area contributed by atoms with Crippen LogP contribution in [0.1, 0.15) is 0 Å². The smallest absolute Gasteiger partial charge is 0.238 e. The molecule has 0 spiro atoms. The third-order valence-electron chi connectivity index (χ3n) is 14.1. The molecule has 0 bridgehead atoms. The van der Waals surface area contributed by atoms with Gasteiger partial charge in [0.15, 0.2) is 11.6 Å². The van der Waals surface area contributed by atoms with Crippen LogP contribution in [0.3, 0.4) is 0 Å². The van der Waals surface area contributed by atoms with Crippen LogP contribution in [0.15, 0.2) is 231 Å². The molecule has 0 saturated heterocycles. The number of aromatic nitrogens is 6. The highest BCUT2D eigenvalue weighted by Crippen LogP contribution is 2.44. The first-order valence-electron chi connectivity index (χ1n) is 23.6. The molecule has 10 aromatic carbocycles. The summed E-state index contributed by atoms with van der Waals surface area (Å²) in [5.41, 5.74) is 13.0. The number of rotatable bonds is 6. The van der Waals surface area contributed by atoms with Crippen molar-refractivity contribution in [3.8, 4) is 51.2 Å². The van der Waals surface area contributed by atoms with Gasteiger partial charge in [-0.25, -0.2) is 4.98 Å². The quantitative estimate of drug-likeness (QED) is 0.167. The van der Waals surface area contributed by atoms with Gasteiger partial charge < -0.3 is 9.13 Å². The van der Waals surface area contributed by atoms with E-state index < -0.39 is 0 Å². The standard InChI is InChI=1S/C63H38N6S/c1-3-15-39(16-4-1)40-27-30-43(31-28-40)68-56-36-32-44(67-53-23-11-7-19-45(53)46-20-8-12-24-54(46)67)38-52(56)51-35-34-50-47-21-9-13-25-55(47)69(60(50)59(51)68)63-65-61(41-17-5-2-6-18-41)64-62(66-63)42-29-33-49-48-22-10-14-26-57(48)70-58(49)37-42/h1-38H. The van der Waals surface area contributed by atoms with Crippen molar-refractivity contribution in [2.24, 2.45) is 0 Å². The molecule has 15 rings (SSSR count). The summed E-state index contributed by atoms with van der Waals surface area (Å²) in [6.45, 7) is 0. The molecule has 5 aromatic heterocycles. The van der Waals surface area contributed by atoms with E-state index in [-0.39, 0.29) is 0 Å². The number of thiophene rings is 1. The second-order valence-corrected chi connectivity index (χ2v) is 19.1. The minimum Gasteiger partial charge on any atom is -0.309 e. The summed E-state index contributed by atoms with van der Waals surface area (Å²) < 4.78 is 9.60. The molecule has 70 heavy (non-hydrogen) atoms. The predicted octanol–water partition coefficient (Wildman–Crippen LogP) is 16.5. The molecule has 0 atom stereocenters. The van der Waals surface area contributed by atoms with Crippen molar-refractivity contribution >= 4 is 96.9 Å². The lowest BCUT2D eigenvalue weighted by Gasteiger charge is -2.14. The Morgan fingerprint density at radius 1 is 0.271 bits per heavy atom. The van der Waals surface area contributed by atoms with E-state index in [0.29, 0.717) is 17.6 Å². The van der Waals surface area contributed by atoms with Gasteiger partial charge in [0.1, 0.15) is 0 Å². The van der Waals surface area contributed by atoms with Crippen molar-refractivity contribution in [1.29, 1.82) is 0 Å². The van der Waals surface area contributed by atoms with Crippen LogP contribution in [0.5, 0.6) is 0 Å². The van der Waals surface area contributed by atoms with Gasteiger partial charge in [-0.3, -0.25) is 4.57 Å². The van der Waals surface area contributed by atoms with Crippen molar-refractivity contribution in [3.63, 3.8) is 0 Å². The normalized spacial score (nSPS) is 12.0. The summed E-state index contributed by atoms with van der Waals surface area (Å²) in [7, 11) is 0. The first kappa shape index (κ1) is 38.9. The van der Waals surface area contributed by atoms with E-state index in [4.69, 9.17) is 15.0 Å². The SMILES string of the molecule is c1ccc(-c2ccc(-n3c4ccc(-n5c6ccccc6c6ccccc65)cc4c4ccc5c6ccccc6n(-c6nc(-c7ccccc7)nc(-c7ccc8c(c7)sc7ccccc78)n6)c5c43)cc2)cc1. The van der Waals surface area contributed by atoms with Crippen LogP contribution in [0.25, 0.3) is 137 Å². The van der Waals surface area contributed by atoms with Crippen molar-refractivity contribution in [1.82, 2.24) is 28.7 Å². The van der Waals surface area contributed by atoms with E-state index in [9.17, 15) is 0 Å². The van der Waals surface area contributed by atoms with Crippen LogP contribution < -0.4 is 0 Å². The number of para-hydroxylation sites is 3. The lowest BCUT2D eigenvalue weighted by molar-refractivity contribution is 0.953. The molecule has 326 valence electrons. The predicted molar refractivity (Wildman–Crippen MR) is 292 cm³/mol. The Morgan fingerprint density at radius 2 is 0.743 bits per heavy atom. The molecule has 0 fully saturated rings. The zero-order chi connectivity index (χ0) is 45.9. The number of fused-ring (bicyclic) bond motifs is 13. The van der Waals surface area contributed by atoms with E-state index in [2.05, 4.69) is 226 Å². The highest BCUT2D eigenvalue weighted by Gasteiger charge is 2.25. The third-order valence-corrected chi connectivity index (χ3v) is 15.2. The Labute approximate surface area is 405 Å². The summed E-state index contributed by atoms with van der Waals surface area (Å²) in [5, 5.41) is 9.49. The van der Waals surface area contributed by atoms with Crippen LogP contribution in [0.2, 0.25) is 0 Å². The molecule has 7 heteroatoms. The van der Waals surface area contributed by atoms with E-state index in [1.807, 2.05) is 18.2 Å². The van der Waals surface area contributed by atoms with E-state index >= 15 is 0 Å². The first-order chi connectivity index (χ1) is 34.7. The highest BCUT2D eigenvalue weighted by atomic mass is 32.1. The minimum absolute atomic E-state index is 0.557. The van der Waals surface area contributed by atoms with Crippen LogP contribution in [0.4, 0.5) is 0 Å². The Bertz CT molecular complexity index is 4530. The van der Waals surface area contributed by atoms with Crippen molar-refractivity contribution in [3.05, 3.63) is 231 Å². The number of benzene rings is 10. The Hall–Kier alpha value is -9.17. The average Bonchev–Trinajstić information content (AvgIpc) is 4.17. The van der Waals surface area contributed by atoms with Crippen LogP contribution in [-0.4, -0.2) is 28.7 Å². The first-order valence-corrected chi connectivity index (χ1v) is 24.4. The largest absolute Gasteiger partial charge is 0.309 e. The van der Waals surface area contributed by atoms with Gasteiger partial charge in [0.25, 0.3) is 0 Å². The Balaban J connectivity index is 1.04.